The molecule has 1 rings (SSSR count). The first-order chi connectivity index (χ1) is 25.8. The Morgan fingerprint density at radius 2 is 1.06 bits per heavy atom. The number of rotatable bonds is 36. The second kappa shape index (κ2) is 38.5. The van der Waals surface area contributed by atoms with Crippen LogP contribution in [0.1, 0.15) is 227 Å². The fourth-order valence-electron chi connectivity index (χ4n) is 7.05. The fraction of sp³-hybridized carbons (Fsp3) is 0.891. The number of aliphatic hydroxyl groups is 1. The summed E-state index contributed by atoms with van der Waals surface area (Å²) in [6, 6.07) is 0. The van der Waals surface area contributed by atoms with Gasteiger partial charge in [0.2, 0.25) is 5.91 Å². The molecule has 0 aliphatic carbocycles. The number of carbonyl (C=O) groups excluding carboxylic acids is 2. The van der Waals surface area contributed by atoms with Crippen molar-refractivity contribution >= 4 is 17.5 Å². The average molecular weight is 747 g/mol. The lowest BCUT2D eigenvalue weighted by Gasteiger charge is -2.23. The highest BCUT2D eigenvalue weighted by Crippen LogP contribution is 2.15. The molecule has 0 bridgehead atoms. The minimum atomic E-state index is -0.621. The normalized spacial score (nSPS) is 14.0. The van der Waals surface area contributed by atoms with Crippen LogP contribution < -0.4 is 5.32 Å². The molecule has 312 valence electrons. The van der Waals surface area contributed by atoms with Crippen LogP contribution in [-0.4, -0.2) is 72.0 Å². The first-order valence-corrected chi connectivity index (χ1v) is 22.9. The van der Waals surface area contributed by atoms with Crippen LogP contribution in [0.25, 0.3) is 0 Å². The summed E-state index contributed by atoms with van der Waals surface area (Å²) in [7, 11) is 4.03. The molecule has 0 saturated heterocycles. The number of aliphatic imine (C=N–C) groups is 1. The smallest absolute Gasteiger partial charge is 0.221 e. The Balaban J connectivity index is 0.00000102. The van der Waals surface area contributed by atoms with E-state index in [0.29, 0.717) is 31.8 Å². The predicted octanol–water partition coefficient (Wildman–Crippen LogP) is 12.3. The van der Waals surface area contributed by atoms with Crippen molar-refractivity contribution in [2.24, 2.45) is 4.99 Å². The Hall–Kier alpha value is -1.73. The van der Waals surface area contributed by atoms with E-state index in [1.807, 2.05) is 14.1 Å². The third-order valence-electron chi connectivity index (χ3n) is 10.6. The van der Waals surface area contributed by atoms with Gasteiger partial charge in [-0.15, -0.1) is 0 Å². The molecule has 53 heavy (non-hydrogen) atoms. The molecule has 1 heterocycles. The molecule has 1 aliphatic heterocycles. The number of Topliss-reactive ketones (excluding diaryl/α,β-unsaturated/α-hetero) is 1. The molecular weight excluding hydrogens is 657 g/mol. The number of aliphatic hydroxyl groups excluding tert-OH is 1. The van der Waals surface area contributed by atoms with Crippen molar-refractivity contribution in [1.29, 1.82) is 0 Å². The molecule has 0 radical (unpaired) electrons. The van der Waals surface area contributed by atoms with Crippen molar-refractivity contribution in [3.63, 3.8) is 0 Å². The van der Waals surface area contributed by atoms with E-state index < -0.39 is 6.23 Å². The summed E-state index contributed by atoms with van der Waals surface area (Å²) < 4.78 is 0. The summed E-state index contributed by atoms with van der Waals surface area (Å²) in [5.41, 5.74) is 0. The van der Waals surface area contributed by atoms with Crippen LogP contribution in [0.2, 0.25) is 0 Å². The highest BCUT2D eigenvalue weighted by Gasteiger charge is 2.25. The molecule has 2 unspecified atom stereocenters. The number of carbonyl (C=O) groups is 2. The van der Waals surface area contributed by atoms with E-state index in [1.54, 1.807) is 11.8 Å². The fourth-order valence-corrected chi connectivity index (χ4v) is 7.05. The van der Waals surface area contributed by atoms with Crippen molar-refractivity contribution in [2.75, 3.05) is 27.2 Å². The number of unbranched alkanes of at least 4 members (excludes halogenated alkanes) is 25. The molecule has 0 aromatic rings. The van der Waals surface area contributed by atoms with E-state index in [2.05, 4.69) is 48.1 Å². The first kappa shape index (κ1) is 51.3. The van der Waals surface area contributed by atoms with Crippen LogP contribution in [0, 0.1) is 0 Å². The summed E-state index contributed by atoms with van der Waals surface area (Å²) in [6.45, 7) is 9.63. The topological polar surface area (TPSA) is 85.2 Å². The van der Waals surface area contributed by atoms with Gasteiger partial charge in [0.25, 0.3) is 0 Å². The lowest BCUT2D eigenvalue weighted by Crippen LogP contribution is -2.44. The Morgan fingerprint density at radius 3 is 1.45 bits per heavy atom. The number of hydrogen-bond donors (Lipinski definition) is 2. The van der Waals surface area contributed by atoms with Gasteiger partial charge in [-0.1, -0.05) is 174 Å². The molecular formula is C46H90N4O3. The van der Waals surface area contributed by atoms with Gasteiger partial charge in [-0.2, -0.15) is 0 Å². The first-order valence-electron chi connectivity index (χ1n) is 22.9. The van der Waals surface area contributed by atoms with Crippen LogP contribution in [0.15, 0.2) is 17.1 Å². The molecule has 1 aliphatic rings. The number of nitrogens with zero attached hydrogens (tertiary/aromatic N) is 3. The van der Waals surface area contributed by atoms with E-state index in [0.717, 1.165) is 25.7 Å². The summed E-state index contributed by atoms with van der Waals surface area (Å²) in [5, 5.41) is 12.8. The number of amidine groups is 1. The molecule has 0 spiro atoms. The Morgan fingerprint density at radius 1 is 0.660 bits per heavy atom. The van der Waals surface area contributed by atoms with Crippen LogP contribution in [-0.2, 0) is 9.59 Å². The Labute approximate surface area is 330 Å². The van der Waals surface area contributed by atoms with Crippen LogP contribution in [0.5, 0.6) is 0 Å². The monoisotopic (exact) mass is 747 g/mol. The molecule has 0 saturated carbocycles. The van der Waals surface area contributed by atoms with Gasteiger partial charge in [-0.25, -0.2) is 0 Å². The van der Waals surface area contributed by atoms with Crippen LogP contribution >= 0.6 is 0 Å². The molecule has 0 aromatic heterocycles. The summed E-state index contributed by atoms with van der Waals surface area (Å²) in [6.07, 6.45) is 43.3. The molecule has 1 amide bonds. The molecule has 2 atom stereocenters. The highest BCUT2D eigenvalue weighted by molar-refractivity contribution is 6.39. The SMILES string of the molecule is CCCCCCCC/C=C\CCCCCCCC(=O)C1=NCCN1C(C)O.CCCCCCCCCCCCCCCCCC(=O)NC(CC)N(C)C. The van der Waals surface area contributed by atoms with E-state index in [4.69, 9.17) is 0 Å². The number of nitrogens with one attached hydrogen (secondary N) is 1. The molecule has 0 aromatic carbocycles. The average Bonchev–Trinajstić information content (AvgIpc) is 3.65. The summed E-state index contributed by atoms with van der Waals surface area (Å²) in [4.78, 5) is 32.1. The van der Waals surface area contributed by atoms with Crippen molar-refractivity contribution in [3.8, 4) is 0 Å². The Kier molecular flexibility index (Phi) is 37.3. The lowest BCUT2D eigenvalue weighted by atomic mass is 10.0. The quantitative estimate of drug-likeness (QED) is 0.0379. The van der Waals surface area contributed by atoms with E-state index in [9.17, 15) is 14.7 Å². The van der Waals surface area contributed by atoms with Gasteiger partial charge < -0.3 is 15.3 Å². The minimum Gasteiger partial charge on any atom is -0.374 e. The third-order valence-corrected chi connectivity index (χ3v) is 10.6. The zero-order valence-electron chi connectivity index (χ0n) is 36.2. The van der Waals surface area contributed by atoms with Gasteiger partial charge in [-0.3, -0.25) is 19.5 Å². The third kappa shape index (κ3) is 32.2. The minimum absolute atomic E-state index is 0.0889. The van der Waals surface area contributed by atoms with E-state index in [1.165, 1.54) is 161 Å². The van der Waals surface area contributed by atoms with Crippen LogP contribution in [0.3, 0.4) is 0 Å². The van der Waals surface area contributed by atoms with Crippen molar-refractivity contribution in [3.05, 3.63) is 12.2 Å². The van der Waals surface area contributed by atoms with Crippen molar-refractivity contribution in [2.45, 2.75) is 239 Å². The maximum Gasteiger partial charge on any atom is 0.221 e. The zero-order valence-corrected chi connectivity index (χ0v) is 36.2. The summed E-state index contributed by atoms with van der Waals surface area (Å²) >= 11 is 0. The second-order valence-corrected chi connectivity index (χ2v) is 15.9. The van der Waals surface area contributed by atoms with Gasteiger partial charge in [0.05, 0.1) is 12.7 Å². The van der Waals surface area contributed by atoms with Gasteiger partial charge in [0.1, 0.15) is 6.23 Å². The van der Waals surface area contributed by atoms with Crippen molar-refractivity contribution in [1.82, 2.24) is 15.1 Å². The summed E-state index contributed by atoms with van der Waals surface area (Å²) in [5.74, 6) is 0.784. The highest BCUT2D eigenvalue weighted by atomic mass is 16.3. The number of hydrogen-bond acceptors (Lipinski definition) is 6. The molecule has 2 N–H and O–H groups in total. The van der Waals surface area contributed by atoms with Crippen LogP contribution in [0.4, 0.5) is 0 Å². The molecule has 7 nitrogen and oxygen atoms in total. The standard InChI is InChI=1S/C23H42N2O2.C23H48N2O/c1-3-4-5-6-7-8-9-10-11-12-13-14-15-16-17-18-22(27)23-24-19-20-25(23)21(2)26;1-5-7-8-9-10-11-12-13-14-15-16-17-18-19-20-21-23(26)24-22(6-2)25(3)4/h10-11,21,26H,3-9,12-20H2,1-2H3;22H,5-21H2,1-4H3,(H,24,26)/b11-10-;. The Bertz CT molecular complexity index is 888. The number of allylic oxidation sites excluding steroid dienone is 2. The van der Waals surface area contributed by atoms with E-state index in [-0.39, 0.29) is 17.9 Å². The van der Waals surface area contributed by atoms with E-state index >= 15 is 0 Å². The predicted molar refractivity (Wildman–Crippen MR) is 231 cm³/mol. The maximum atomic E-state index is 12.2. The lowest BCUT2D eigenvalue weighted by molar-refractivity contribution is -0.123. The number of ketones is 1. The molecule has 7 heteroatoms. The largest absolute Gasteiger partial charge is 0.374 e. The maximum absolute atomic E-state index is 12.2. The zero-order chi connectivity index (χ0) is 39.2. The second-order valence-electron chi connectivity index (χ2n) is 15.9. The molecule has 0 fully saturated rings. The van der Waals surface area contributed by atoms with Gasteiger partial charge in [0, 0.05) is 19.4 Å². The van der Waals surface area contributed by atoms with Gasteiger partial charge in [-0.05, 0) is 66.0 Å². The van der Waals surface area contributed by atoms with Crippen molar-refractivity contribution < 1.29 is 14.7 Å². The number of amides is 1. The van der Waals surface area contributed by atoms with Gasteiger partial charge >= 0.3 is 0 Å². The van der Waals surface area contributed by atoms with Gasteiger partial charge in [0.15, 0.2) is 11.6 Å².